The van der Waals surface area contributed by atoms with Crippen molar-refractivity contribution in [1.82, 2.24) is 4.90 Å². The van der Waals surface area contributed by atoms with E-state index in [0.717, 1.165) is 44.0 Å². The molecule has 2 rings (SSSR count). The Hall–Kier alpha value is -2.22. The molecular formula is C22H24Cl2F3N3O. The molecule has 0 aliphatic heterocycles. The molecule has 0 radical (unpaired) electrons. The molecule has 0 saturated heterocycles. The molecule has 2 aromatic carbocycles. The maximum absolute atomic E-state index is 12.7. The summed E-state index contributed by atoms with van der Waals surface area (Å²) in [5, 5.41) is 6.29. The quantitative estimate of drug-likeness (QED) is 0.413. The van der Waals surface area contributed by atoms with Crippen molar-refractivity contribution in [2.75, 3.05) is 36.8 Å². The van der Waals surface area contributed by atoms with E-state index in [1.807, 2.05) is 0 Å². The molecule has 2 N–H and O–H groups in total. The predicted octanol–water partition coefficient (Wildman–Crippen LogP) is 6.42. The van der Waals surface area contributed by atoms with Crippen LogP contribution in [-0.4, -0.2) is 37.0 Å². The molecule has 0 heterocycles. The lowest BCUT2D eigenvalue weighted by atomic mass is 10.1. The smallest absolute Gasteiger partial charge is 0.383 e. The fourth-order valence-electron chi connectivity index (χ4n) is 2.81. The number of nitrogens with one attached hydrogen (secondary N) is 2. The Morgan fingerprint density at radius 1 is 1.06 bits per heavy atom. The van der Waals surface area contributed by atoms with E-state index >= 15 is 0 Å². The van der Waals surface area contributed by atoms with Gasteiger partial charge in [0.05, 0.1) is 16.3 Å². The van der Waals surface area contributed by atoms with Crippen LogP contribution in [0.25, 0.3) is 6.08 Å². The summed E-state index contributed by atoms with van der Waals surface area (Å²) in [6, 6.07) is 8.06. The lowest BCUT2D eigenvalue weighted by molar-refractivity contribution is -0.137. The summed E-state index contributed by atoms with van der Waals surface area (Å²) < 4.78 is 38.1. The molecule has 2 aromatic rings. The van der Waals surface area contributed by atoms with Gasteiger partial charge in [0.15, 0.2) is 0 Å². The monoisotopic (exact) mass is 473 g/mol. The highest BCUT2D eigenvalue weighted by Gasteiger charge is 2.30. The third-order valence-electron chi connectivity index (χ3n) is 4.62. The number of carbonyl (C=O) groups excluding carboxylic acids is 1. The van der Waals surface area contributed by atoms with Gasteiger partial charge in [-0.1, -0.05) is 43.1 Å². The Kier molecular flexibility index (Phi) is 9.22. The minimum absolute atomic E-state index is 0.0953. The van der Waals surface area contributed by atoms with Crippen LogP contribution in [0.4, 0.5) is 24.5 Å². The first-order valence-electron chi connectivity index (χ1n) is 9.75. The Morgan fingerprint density at radius 3 is 2.35 bits per heavy atom. The van der Waals surface area contributed by atoms with Crippen molar-refractivity contribution in [3.63, 3.8) is 0 Å². The van der Waals surface area contributed by atoms with Gasteiger partial charge in [-0.15, -0.1) is 0 Å². The molecular weight excluding hydrogens is 450 g/mol. The highest BCUT2D eigenvalue weighted by Crippen LogP contribution is 2.32. The van der Waals surface area contributed by atoms with Gasteiger partial charge in [-0.3, -0.25) is 4.79 Å². The molecule has 4 nitrogen and oxygen atoms in total. The normalized spacial score (nSPS) is 11.9. The predicted molar refractivity (Wildman–Crippen MR) is 122 cm³/mol. The Labute approximate surface area is 190 Å². The summed E-state index contributed by atoms with van der Waals surface area (Å²) in [5.41, 5.74) is 0.710. The van der Waals surface area contributed by atoms with Gasteiger partial charge in [0.25, 0.3) is 0 Å². The molecule has 0 aliphatic carbocycles. The first kappa shape index (κ1) is 25.0. The molecule has 0 fully saturated rings. The number of rotatable bonds is 9. The summed E-state index contributed by atoms with van der Waals surface area (Å²) in [4.78, 5) is 14.4. The average Bonchev–Trinajstić information content (AvgIpc) is 2.71. The van der Waals surface area contributed by atoms with Gasteiger partial charge in [-0.25, -0.2) is 0 Å². The maximum atomic E-state index is 12.7. The number of carbonyl (C=O) groups is 1. The molecule has 9 heteroatoms. The molecule has 0 bridgehead atoms. The van der Waals surface area contributed by atoms with Crippen LogP contribution in [0.3, 0.4) is 0 Å². The summed E-state index contributed by atoms with van der Waals surface area (Å²) in [6.45, 7) is 7.79. The van der Waals surface area contributed by atoms with Crippen molar-refractivity contribution in [2.45, 2.75) is 20.0 Å². The van der Waals surface area contributed by atoms with Crippen LogP contribution in [0.15, 0.2) is 42.5 Å². The topological polar surface area (TPSA) is 44.4 Å². The molecule has 31 heavy (non-hydrogen) atoms. The summed E-state index contributed by atoms with van der Waals surface area (Å²) in [6.07, 6.45) is -1.93. The van der Waals surface area contributed by atoms with E-state index in [1.54, 1.807) is 18.2 Å². The molecule has 168 valence electrons. The highest BCUT2D eigenvalue weighted by atomic mass is 35.5. The van der Waals surface area contributed by atoms with Gasteiger partial charge >= 0.3 is 6.18 Å². The number of benzene rings is 2. The van der Waals surface area contributed by atoms with E-state index in [4.69, 9.17) is 23.2 Å². The Balaban J connectivity index is 1.96. The number of alkyl halides is 3. The Bertz CT molecular complexity index is 929. The van der Waals surface area contributed by atoms with Crippen LogP contribution in [0.1, 0.15) is 25.0 Å². The van der Waals surface area contributed by atoms with Gasteiger partial charge in [-0.2, -0.15) is 13.2 Å². The summed E-state index contributed by atoms with van der Waals surface area (Å²) in [7, 11) is 0. The molecule has 0 aromatic heterocycles. The number of likely N-dealkylation sites (N-methyl/N-ethyl adjacent to an activating group) is 1. The van der Waals surface area contributed by atoms with Crippen molar-refractivity contribution < 1.29 is 18.0 Å². The van der Waals surface area contributed by atoms with Gasteiger partial charge in [0, 0.05) is 29.9 Å². The van der Waals surface area contributed by atoms with E-state index in [0.29, 0.717) is 16.3 Å². The van der Waals surface area contributed by atoms with E-state index in [9.17, 15) is 18.0 Å². The van der Waals surface area contributed by atoms with E-state index in [-0.39, 0.29) is 5.02 Å². The van der Waals surface area contributed by atoms with Crippen LogP contribution in [0.5, 0.6) is 0 Å². The van der Waals surface area contributed by atoms with Crippen LogP contribution in [-0.2, 0) is 11.0 Å². The maximum Gasteiger partial charge on any atom is 0.416 e. The second-order valence-electron chi connectivity index (χ2n) is 6.70. The number of hydrogen-bond acceptors (Lipinski definition) is 3. The number of halogens is 5. The third kappa shape index (κ3) is 7.76. The van der Waals surface area contributed by atoms with Gasteiger partial charge < -0.3 is 15.5 Å². The lowest BCUT2D eigenvalue weighted by Gasteiger charge is -2.19. The van der Waals surface area contributed by atoms with E-state index in [2.05, 4.69) is 29.4 Å². The third-order valence-corrected chi connectivity index (χ3v) is 5.26. The minimum Gasteiger partial charge on any atom is -0.383 e. The van der Waals surface area contributed by atoms with Gasteiger partial charge in [-0.05, 0) is 55.1 Å². The second-order valence-corrected chi connectivity index (χ2v) is 7.52. The van der Waals surface area contributed by atoms with E-state index < -0.39 is 17.6 Å². The van der Waals surface area contributed by atoms with Crippen LogP contribution < -0.4 is 10.6 Å². The van der Waals surface area contributed by atoms with Gasteiger partial charge in [0.2, 0.25) is 5.91 Å². The highest BCUT2D eigenvalue weighted by molar-refractivity contribution is 6.33. The first-order chi connectivity index (χ1) is 14.6. The van der Waals surface area contributed by atoms with Crippen LogP contribution >= 0.6 is 23.2 Å². The molecule has 1 amide bonds. The number of amides is 1. The number of hydrogen-bond donors (Lipinski definition) is 2. The van der Waals surface area contributed by atoms with E-state index in [1.165, 1.54) is 18.2 Å². The molecule has 0 saturated carbocycles. The lowest BCUT2D eigenvalue weighted by Crippen LogP contribution is -2.28. The average molecular weight is 474 g/mol. The fourth-order valence-corrected chi connectivity index (χ4v) is 3.30. The molecule has 0 spiro atoms. The first-order valence-corrected chi connectivity index (χ1v) is 10.5. The minimum atomic E-state index is -4.48. The summed E-state index contributed by atoms with van der Waals surface area (Å²) in [5.74, 6) is -0.464. The second kappa shape index (κ2) is 11.4. The summed E-state index contributed by atoms with van der Waals surface area (Å²) >= 11 is 12.2. The standard InChI is InChI=1S/C22H24Cl2F3N3O/c1-3-30(4-2)12-11-28-20-9-8-17(14-19(20)24)29-21(31)10-6-15-5-7-16(13-18(15)23)22(25,26)27/h5-10,13-14,28H,3-4,11-12H2,1-2H3,(H,29,31). The zero-order chi connectivity index (χ0) is 23.0. The molecule has 0 aliphatic rings. The van der Waals surface area contributed by atoms with Crippen molar-refractivity contribution in [2.24, 2.45) is 0 Å². The SMILES string of the molecule is CCN(CC)CCNc1ccc(NC(=O)C=Cc2ccc(C(F)(F)F)cc2Cl)cc1Cl. The zero-order valence-electron chi connectivity index (χ0n) is 17.2. The van der Waals surface area contributed by atoms with Crippen molar-refractivity contribution in [1.29, 1.82) is 0 Å². The zero-order valence-corrected chi connectivity index (χ0v) is 18.7. The molecule has 0 atom stereocenters. The van der Waals surface area contributed by atoms with Crippen LogP contribution in [0.2, 0.25) is 10.0 Å². The van der Waals surface area contributed by atoms with Gasteiger partial charge in [0.1, 0.15) is 0 Å². The Morgan fingerprint density at radius 2 is 1.77 bits per heavy atom. The van der Waals surface area contributed by atoms with Crippen molar-refractivity contribution in [3.8, 4) is 0 Å². The largest absolute Gasteiger partial charge is 0.416 e. The molecule has 0 unspecified atom stereocenters. The van der Waals surface area contributed by atoms with Crippen LogP contribution in [0, 0.1) is 0 Å². The number of nitrogens with zero attached hydrogens (tertiary/aromatic N) is 1. The van der Waals surface area contributed by atoms with Crippen molar-refractivity contribution in [3.05, 3.63) is 63.6 Å². The fraction of sp³-hybridized carbons (Fsp3) is 0.318. The van der Waals surface area contributed by atoms with Crippen molar-refractivity contribution >= 4 is 46.6 Å². The number of anilines is 2.